The van der Waals surface area contributed by atoms with Gasteiger partial charge in [-0.2, -0.15) is 0 Å². The van der Waals surface area contributed by atoms with Crippen LogP contribution in [0.4, 0.5) is 0 Å². The van der Waals surface area contributed by atoms with Crippen molar-refractivity contribution in [1.29, 1.82) is 0 Å². The molecule has 0 aromatic rings. The Hall–Kier alpha value is -1.15. The molecule has 40 heavy (non-hydrogen) atoms. The summed E-state index contributed by atoms with van der Waals surface area (Å²) in [6, 6.07) is -0.174. The van der Waals surface area contributed by atoms with Crippen molar-refractivity contribution in [3.8, 4) is 0 Å². The van der Waals surface area contributed by atoms with Crippen molar-refractivity contribution in [1.82, 2.24) is 10.3 Å². The number of aliphatic hydroxyl groups excluding tert-OH is 2. The number of fused-ring (bicyclic) bond motifs is 2. The predicted molar refractivity (Wildman–Crippen MR) is 148 cm³/mol. The van der Waals surface area contributed by atoms with Crippen molar-refractivity contribution in [3.63, 3.8) is 0 Å². The summed E-state index contributed by atoms with van der Waals surface area (Å²) in [6.07, 6.45) is -0.851. The summed E-state index contributed by atoms with van der Waals surface area (Å²) in [4.78, 5) is 15.3. The molecule has 5 N–H and O–H groups in total. The Bertz CT molecular complexity index is 966. The van der Waals surface area contributed by atoms with Crippen LogP contribution in [0.3, 0.4) is 0 Å². The van der Waals surface area contributed by atoms with E-state index in [9.17, 15) is 15.0 Å². The fraction of sp³-hybridized carbons (Fsp3) is 0.897. The lowest BCUT2D eigenvalue weighted by atomic mass is 9.78. The summed E-state index contributed by atoms with van der Waals surface area (Å²) in [7, 11) is 3.84. The van der Waals surface area contributed by atoms with Crippen LogP contribution in [0, 0.1) is 17.8 Å². The van der Waals surface area contributed by atoms with Gasteiger partial charge in [-0.25, -0.2) is 0 Å². The number of nitrogens with one attached hydrogen (secondary N) is 1. The van der Waals surface area contributed by atoms with Gasteiger partial charge in [-0.15, -0.1) is 0 Å². The highest BCUT2D eigenvalue weighted by Gasteiger charge is 2.65. The maximum Gasteiger partial charge on any atom is 0.311 e. The smallest absolute Gasteiger partial charge is 0.311 e. The lowest BCUT2D eigenvalue weighted by Crippen LogP contribution is -2.59. The molecule has 0 aliphatic carbocycles. The molecule has 4 rings (SSSR count). The Morgan fingerprint density at radius 3 is 2.42 bits per heavy atom. The zero-order valence-corrected chi connectivity index (χ0v) is 25.5. The summed E-state index contributed by atoms with van der Waals surface area (Å²) in [6.45, 7) is 13.6. The molecule has 0 radical (unpaired) electrons. The van der Waals surface area contributed by atoms with Crippen molar-refractivity contribution in [2.75, 3.05) is 20.6 Å². The second-order valence-corrected chi connectivity index (χ2v) is 13.1. The normalized spacial score (nSPS) is 49.8. The number of nitrogens with two attached hydrogens (primary N) is 1. The highest BCUT2D eigenvalue weighted by Crippen LogP contribution is 2.56. The third kappa shape index (κ3) is 5.38. The van der Waals surface area contributed by atoms with Crippen LogP contribution in [0.15, 0.2) is 11.6 Å². The third-order valence-corrected chi connectivity index (χ3v) is 9.65. The number of hydrogen-bond acceptors (Lipinski definition) is 11. The van der Waals surface area contributed by atoms with E-state index in [0.29, 0.717) is 25.8 Å². The Morgan fingerprint density at radius 1 is 1.15 bits per heavy atom. The molecule has 3 fully saturated rings. The van der Waals surface area contributed by atoms with Crippen LogP contribution < -0.4 is 11.3 Å². The lowest BCUT2D eigenvalue weighted by molar-refractivity contribution is -0.328. The number of aliphatic hydroxyl groups is 2. The topological polar surface area (TPSA) is 145 Å². The minimum absolute atomic E-state index is 0.133. The zero-order valence-electron chi connectivity index (χ0n) is 25.5. The van der Waals surface area contributed by atoms with Gasteiger partial charge in [0, 0.05) is 30.0 Å². The Balaban J connectivity index is 1.80. The average Bonchev–Trinajstić information content (AvgIpc) is 3.32. The number of cyclic esters (lactones) is 1. The lowest BCUT2D eigenvalue weighted by Gasteiger charge is -2.47. The summed E-state index contributed by atoms with van der Waals surface area (Å²) in [5, 5.41) is 22.8. The molecule has 4 aliphatic heterocycles. The number of carbonyl (C=O) groups excluding carboxylic acids is 1. The second kappa shape index (κ2) is 11.5. The van der Waals surface area contributed by atoms with Crippen molar-refractivity contribution >= 4 is 5.97 Å². The largest absolute Gasteiger partial charge is 0.459 e. The number of nitrogens with zero attached hydrogens (tertiary/aromatic N) is 1. The van der Waals surface area contributed by atoms with Crippen molar-refractivity contribution in [2.24, 2.45) is 23.6 Å². The average molecular weight is 570 g/mol. The fourth-order valence-corrected chi connectivity index (χ4v) is 7.47. The van der Waals surface area contributed by atoms with E-state index in [1.807, 2.05) is 59.7 Å². The Kier molecular flexibility index (Phi) is 9.14. The van der Waals surface area contributed by atoms with Crippen molar-refractivity contribution < 1.29 is 38.7 Å². The molecule has 3 bridgehead atoms. The third-order valence-electron chi connectivity index (χ3n) is 9.65. The molecule has 11 nitrogen and oxygen atoms in total. The molecule has 0 amide bonds. The van der Waals surface area contributed by atoms with Crippen molar-refractivity contribution in [3.05, 3.63) is 11.6 Å². The van der Waals surface area contributed by atoms with Crippen LogP contribution in [0.5, 0.6) is 0 Å². The van der Waals surface area contributed by atoms with Gasteiger partial charge in [-0.05, 0) is 67.1 Å². The molecule has 3 saturated heterocycles. The van der Waals surface area contributed by atoms with Gasteiger partial charge < -0.3 is 38.8 Å². The van der Waals surface area contributed by atoms with E-state index in [0.717, 1.165) is 5.57 Å². The molecule has 0 saturated carbocycles. The van der Waals surface area contributed by atoms with Crippen LogP contribution in [0.2, 0.25) is 0 Å². The first kappa shape index (κ1) is 31.8. The molecule has 4 aliphatic rings. The van der Waals surface area contributed by atoms with E-state index >= 15 is 0 Å². The van der Waals surface area contributed by atoms with Crippen LogP contribution in [0.1, 0.15) is 67.7 Å². The van der Waals surface area contributed by atoms with Gasteiger partial charge in [0.25, 0.3) is 0 Å². The van der Waals surface area contributed by atoms with Gasteiger partial charge in [0.15, 0.2) is 12.1 Å². The van der Waals surface area contributed by atoms with Crippen molar-refractivity contribution in [2.45, 2.75) is 128 Å². The first-order valence-electron chi connectivity index (χ1n) is 14.7. The first-order valence-corrected chi connectivity index (χ1v) is 14.7. The standard InChI is InChI=1S/C29H51N3O8/c1-10-21-27(6)13-19(14-31-30)29(39-27)15(2)12-28(7,40-29)24(17(4)22(33)18(5)25(35)37-21)38-26-23(34)20(32(8)9)11-16(3)36-26/h13,15-18,20-24,26,31,33-34H,10-12,14,30H2,1-9H3/t15-,16-,17+,18-,20+,21-,22+,23-,24-,26?,27?,28-,29?/m1/s1. The molecule has 230 valence electrons. The number of carbonyl (C=O) groups is 1. The number of rotatable bonds is 6. The molecular weight excluding hydrogens is 518 g/mol. The molecule has 4 heterocycles. The zero-order chi connectivity index (χ0) is 29.8. The van der Waals surface area contributed by atoms with Crippen LogP contribution in [-0.2, 0) is 28.5 Å². The Morgan fingerprint density at radius 2 is 1.82 bits per heavy atom. The number of likely N-dealkylation sites (N-methyl/N-ethyl adjacent to an activating group) is 1. The number of esters is 1. The maximum atomic E-state index is 13.4. The quantitative estimate of drug-likeness (QED) is 0.160. The van der Waals surface area contributed by atoms with E-state index in [-0.39, 0.29) is 18.1 Å². The molecule has 11 heteroatoms. The summed E-state index contributed by atoms with van der Waals surface area (Å²) < 4.78 is 32.6. The monoisotopic (exact) mass is 569 g/mol. The minimum Gasteiger partial charge on any atom is -0.459 e. The predicted octanol–water partition coefficient (Wildman–Crippen LogP) is 1.46. The van der Waals surface area contributed by atoms with Gasteiger partial charge in [0.05, 0.1) is 29.8 Å². The number of hydrogen-bond donors (Lipinski definition) is 4. The van der Waals surface area contributed by atoms with Crippen LogP contribution in [-0.4, -0.2) is 102 Å². The van der Waals surface area contributed by atoms with Gasteiger partial charge in [0.2, 0.25) is 0 Å². The molecule has 13 atom stereocenters. The first-order chi connectivity index (χ1) is 18.6. The van der Waals surface area contributed by atoms with E-state index in [4.69, 9.17) is 29.5 Å². The maximum absolute atomic E-state index is 13.4. The van der Waals surface area contributed by atoms with E-state index < -0.39 is 65.5 Å². The molecule has 3 unspecified atom stereocenters. The van der Waals surface area contributed by atoms with Gasteiger partial charge >= 0.3 is 5.97 Å². The highest BCUT2D eigenvalue weighted by molar-refractivity contribution is 5.73. The van der Waals surface area contributed by atoms with E-state index in [1.165, 1.54) is 0 Å². The number of hydrazine groups is 1. The Labute approximate surface area is 238 Å². The second-order valence-electron chi connectivity index (χ2n) is 13.1. The van der Waals surface area contributed by atoms with E-state index in [1.54, 1.807) is 6.92 Å². The minimum atomic E-state index is -1.15. The molecule has 1 spiro atoms. The van der Waals surface area contributed by atoms with E-state index in [2.05, 4.69) is 12.3 Å². The molecule has 0 aromatic carbocycles. The van der Waals surface area contributed by atoms with Gasteiger partial charge in [-0.3, -0.25) is 16.1 Å². The van der Waals surface area contributed by atoms with Crippen LogP contribution >= 0.6 is 0 Å². The summed E-state index contributed by atoms with van der Waals surface area (Å²) >= 11 is 0. The fourth-order valence-electron chi connectivity index (χ4n) is 7.47. The van der Waals surface area contributed by atoms with Crippen LogP contribution in [0.25, 0.3) is 0 Å². The molecule has 0 aromatic heterocycles. The SMILES string of the molecule is CC[C@H]1OC(=O)[C@H](C)[C@@H](O)[C@H](C)[C@@H](OC2O[C@H](C)C[C@H](N(C)C)[C@H]2O)[C@@]2(C)C[C@@H](C)C3(OC1(C)C=C3CNN)O2. The van der Waals surface area contributed by atoms with Gasteiger partial charge in [0.1, 0.15) is 17.8 Å². The molecular formula is C29H51N3O8. The summed E-state index contributed by atoms with van der Waals surface area (Å²) in [5.74, 6) is 2.57. The summed E-state index contributed by atoms with van der Waals surface area (Å²) in [5.41, 5.74) is 1.62. The number of ether oxygens (including phenoxy) is 5. The highest BCUT2D eigenvalue weighted by atomic mass is 16.8. The van der Waals surface area contributed by atoms with Gasteiger partial charge in [-0.1, -0.05) is 20.8 Å².